The SMILES string of the molecule is COc1ccc([C@H](CC(=O)O)NC(=O)C2CCCCC2)cc1. The monoisotopic (exact) mass is 305 g/mol. The van der Waals surface area contributed by atoms with E-state index in [1.807, 2.05) is 0 Å². The fourth-order valence-corrected chi connectivity index (χ4v) is 2.92. The number of nitrogens with one attached hydrogen (secondary N) is 1. The van der Waals surface area contributed by atoms with Crippen LogP contribution in [0.1, 0.15) is 50.1 Å². The molecule has 0 saturated heterocycles. The zero-order chi connectivity index (χ0) is 15.9. The maximum Gasteiger partial charge on any atom is 0.305 e. The summed E-state index contributed by atoms with van der Waals surface area (Å²) in [5.41, 5.74) is 0.785. The van der Waals surface area contributed by atoms with Crippen molar-refractivity contribution in [2.24, 2.45) is 5.92 Å². The Morgan fingerprint density at radius 3 is 2.41 bits per heavy atom. The van der Waals surface area contributed by atoms with Gasteiger partial charge in [0, 0.05) is 5.92 Å². The summed E-state index contributed by atoms with van der Waals surface area (Å²) in [4.78, 5) is 23.4. The van der Waals surface area contributed by atoms with Crippen molar-refractivity contribution in [2.45, 2.75) is 44.6 Å². The van der Waals surface area contributed by atoms with Gasteiger partial charge in [-0.2, -0.15) is 0 Å². The van der Waals surface area contributed by atoms with Crippen molar-refractivity contribution in [3.63, 3.8) is 0 Å². The second-order valence-corrected chi connectivity index (χ2v) is 5.77. The number of carboxylic acids is 1. The molecule has 1 aromatic rings. The molecule has 5 nitrogen and oxygen atoms in total. The van der Waals surface area contributed by atoms with Crippen molar-refractivity contribution < 1.29 is 19.4 Å². The predicted octanol–water partition coefficient (Wildman–Crippen LogP) is 2.91. The first kappa shape index (κ1) is 16.3. The number of ether oxygens (including phenoxy) is 1. The standard InChI is InChI=1S/C17H23NO4/c1-22-14-9-7-12(8-10-14)15(11-16(19)20)18-17(21)13-5-3-2-4-6-13/h7-10,13,15H,2-6,11H2,1H3,(H,18,21)(H,19,20)/t15-/m0/s1. The lowest BCUT2D eigenvalue weighted by Crippen LogP contribution is -2.35. The summed E-state index contributed by atoms with van der Waals surface area (Å²) in [7, 11) is 1.58. The number of aliphatic carboxylic acids is 1. The smallest absolute Gasteiger partial charge is 0.305 e. The average molecular weight is 305 g/mol. The van der Waals surface area contributed by atoms with Gasteiger partial charge in [-0.1, -0.05) is 31.4 Å². The van der Waals surface area contributed by atoms with Gasteiger partial charge in [0.25, 0.3) is 0 Å². The summed E-state index contributed by atoms with van der Waals surface area (Å²) in [6.07, 6.45) is 5.00. The lowest BCUT2D eigenvalue weighted by Gasteiger charge is -2.24. The number of benzene rings is 1. The van der Waals surface area contributed by atoms with Crippen LogP contribution in [0.4, 0.5) is 0 Å². The van der Waals surface area contributed by atoms with Crippen molar-refractivity contribution in [3.8, 4) is 5.75 Å². The van der Waals surface area contributed by atoms with Crippen molar-refractivity contribution in [2.75, 3.05) is 7.11 Å². The molecule has 0 spiro atoms. The van der Waals surface area contributed by atoms with E-state index in [1.54, 1.807) is 31.4 Å². The van der Waals surface area contributed by atoms with Crippen LogP contribution in [0, 0.1) is 5.92 Å². The lowest BCUT2D eigenvalue weighted by molar-refractivity contribution is -0.138. The van der Waals surface area contributed by atoms with Crippen LogP contribution < -0.4 is 10.1 Å². The molecule has 0 aliphatic heterocycles. The summed E-state index contributed by atoms with van der Waals surface area (Å²) in [5, 5.41) is 12.0. The highest BCUT2D eigenvalue weighted by Gasteiger charge is 2.25. The predicted molar refractivity (Wildman–Crippen MR) is 82.7 cm³/mol. The summed E-state index contributed by atoms with van der Waals surface area (Å²) < 4.78 is 5.10. The van der Waals surface area contributed by atoms with E-state index in [-0.39, 0.29) is 18.2 Å². The van der Waals surface area contributed by atoms with E-state index in [1.165, 1.54) is 6.42 Å². The first-order valence-corrected chi connectivity index (χ1v) is 7.76. The molecule has 0 bridgehead atoms. The molecule has 1 aliphatic carbocycles. The maximum atomic E-state index is 12.4. The molecule has 1 atom stereocenters. The zero-order valence-electron chi connectivity index (χ0n) is 12.9. The number of amides is 1. The van der Waals surface area contributed by atoms with E-state index < -0.39 is 12.0 Å². The summed E-state index contributed by atoms with van der Waals surface area (Å²) in [6, 6.07) is 6.65. The van der Waals surface area contributed by atoms with Gasteiger partial charge in [0.1, 0.15) is 5.75 Å². The molecule has 0 aromatic heterocycles. The third-order valence-corrected chi connectivity index (χ3v) is 4.19. The molecule has 120 valence electrons. The minimum Gasteiger partial charge on any atom is -0.497 e. The molecule has 0 radical (unpaired) electrons. The highest BCUT2D eigenvalue weighted by Crippen LogP contribution is 2.26. The van der Waals surface area contributed by atoms with Crippen molar-refractivity contribution in [1.29, 1.82) is 0 Å². The van der Waals surface area contributed by atoms with Gasteiger partial charge in [0.2, 0.25) is 5.91 Å². The number of carbonyl (C=O) groups is 2. The largest absolute Gasteiger partial charge is 0.497 e. The van der Waals surface area contributed by atoms with Crippen molar-refractivity contribution in [3.05, 3.63) is 29.8 Å². The topological polar surface area (TPSA) is 75.6 Å². The first-order valence-electron chi connectivity index (χ1n) is 7.76. The van der Waals surface area contributed by atoms with Gasteiger partial charge < -0.3 is 15.2 Å². The average Bonchev–Trinajstić information content (AvgIpc) is 2.54. The van der Waals surface area contributed by atoms with Gasteiger partial charge >= 0.3 is 5.97 Å². The van der Waals surface area contributed by atoms with E-state index >= 15 is 0 Å². The maximum absolute atomic E-state index is 12.4. The van der Waals surface area contributed by atoms with Crippen LogP contribution in [0.15, 0.2) is 24.3 Å². The second-order valence-electron chi connectivity index (χ2n) is 5.77. The fourth-order valence-electron chi connectivity index (χ4n) is 2.92. The summed E-state index contributed by atoms with van der Waals surface area (Å²) >= 11 is 0. The Kier molecular flexibility index (Phi) is 5.81. The number of hydrogen-bond acceptors (Lipinski definition) is 3. The van der Waals surface area contributed by atoms with E-state index in [4.69, 9.17) is 9.84 Å². The van der Waals surface area contributed by atoms with E-state index in [0.29, 0.717) is 5.75 Å². The molecular formula is C17H23NO4. The van der Waals surface area contributed by atoms with Crippen LogP contribution in [-0.2, 0) is 9.59 Å². The number of carbonyl (C=O) groups excluding carboxylic acids is 1. The van der Waals surface area contributed by atoms with Crippen molar-refractivity contribution >= 4 is 11.9 Å². The van der Waals surface area contributed by atoms with E-state index in [2.05, 4.69) is 5.32 Å². The first-order chi connectivity index (χ1) is 10.6. The Bertz CT molecular complexity index is 506. The Hall–Kier alpha value is -2.04. The quantitative estimate of drug-likeness (QED) is 0.847. The number of hydrogen-bond donors (Lipinski definition) is 2. The third kappa shape index (κ3) is 4.48. The third-order valence-electron chi connectivity index (χ3n) is 4.19. The second kappa shape index (κ2) is 7.82. The minimum atomic E-state index is -0.926. The molecule has 1 saturated carbocycles. The Morgan fingerprint density at radius 2 is 1.86 bits per heavy atom. The lowest BCUT2D eigenvalue weighted by atomic mass is 9.88. The summed E-state index contributed by atoms with van der Waals surface area (Å²) in [5.74, 6) is -0.230. The number of rotatable bonds is 6. The van der Waals surface area contributed by atoms with Crippen LogP contribution >= 0.6 is 0 Å². The molecule has 1 amide bonds. The highest BCUT2D eigenvalue weighted by molar-refractivity contribution is 5.80. The molecule has 1 fully saturated rings. The number of carboxylic acid groups (broad SMARTS) is 1. The van der Waals surface area contributed by atoms with Gasteiger partial charge in [-0.15, -0.1) is 0 Å². The van der Waals surface area contributed by atoms with Crippen LogP contribution in [0.5, 0.6) is 5.75 Å². The molecule has 1 aromatic carbocycles. The Balaban J connectivity index is 2.07. The molecule has 22 heavy (non-hydrogen) atoms. The van der Waals surface area contributed by atoms with Gasteiger partial charge in [-0.05, 0) is 30.5 Å². The normalized spacial score (nSPS) is 16.8. The highest BCUT2D eigenvalue weighted by atomic mass is 16.5. The zero-order valence-corrected chi connectivity index (χ0v) is 12.9. The number of methoxy groups -OCH3 is 1. The van der Waals surface area contributed by atoms with Crippen LogP contribution in [0.3, 0.4) is 0 Å². The van der Waals surface area contributed by atoms with Crippen LogP contribution in [0.2, 0.25) is 0 Å². The Labute approximate surface area is 130 Å². The van der Waals surface area contributed by atoms with Gasteiger partial charge in [0.05, 0.1) is 19.6 Å². The van der Waals surface area contributed by atoms with Crippen molar-refractivity contribution in [1.82, 2.24) is 5.32 Å². The van der Waals surface area contributed by atoms with Crippen LogP contribution in [-0.4, -0.2) is 24.1 Å². The Morgan fingerprint density at radius 1 is 1.23 bits per heavy atom. The van der Waals surface area contributed by atoms with E-state index in [0.717, 1.165) is 31.2 Å². The molecule has 2 N–H and O–H groups in total. The van der Waals surface area contributed by atoms with Crippen LogP contribution in [0.25, 0.3) is 0 Å². The molecule has 0 heterocycles. The van der Waals surface area contributed by atoms with Gasteiger partial charge in [0.15, 0.2) is 0 Å². The fraction of sp³-hybridized carbons (Fsp3) is 0.529. The molecule has 0 unspecified atom stereocenters. The molecular weight excluding hydrogens is 282 g/mol. The van der Waals surface area contributed by atoms with Gasteiger partial charge in [-0.25, -0.2) is 0 Å². The molecule has 5 heteroatoms. The molecule has 2 rings (SSSR count). The summed E-state index contributed by atoms with van der Waals surface area (Å²) in [6.45, 7) is 0. The van der Waals surface area contributed by atoms with Gasteiger partial charge in [-0.3, -0.25) is 9.59 Å². The minimum absolute atomic E-state index is 0.0169. The molecule has 1 aliphatic rings. The van der Waals surface area contributed by atoms with E-state index in [9.17, 15) is 9.59 Å².